The van der Waals surface area contributed by atoms with Crippen LogP contribution in [0.4, 0.5) is 0 Å². The molecular formula is C21H30O2. The normalized spacial score (nSPS) is 42.2. The Morgan fingerprint density at radius 3 is 2.65 bits per heavy atom. The summed E-state index contributed by atoms with van der Waals surface area (Å²) in [6, 6.07) is 5.99. The Labute approximate surface area is 139 Å². The highest BCUT2D eigenvalue weighted by atomic mass is 16.3. The molecular weight excluding hydrogens is 284 g/mol. The third-order valence-electron chi connectivity index (χ3n) is 7.88. The van der Waals surface area contributed by atoms with Crippen molar-refractivity contribution in [2.24, 2.45) is 23.2 Å². The lowest BCUT2D eigenvalue weighted by Crippen LogP contribution is -2.53. The molecule has 0 aliphatic heterocycles. The van der Waals surface area contributed by atoms with Crippen LogP contribution in [0.3, 0.4) is 0 Å². The maximum atomic E-state index is 11.4. The molecule has 0 aromatic heterocycles. The van der Waals surface area contributed by atoms with Crippen LogP contribution in [0.5, 0.6) is 5.75 Å². The molecule has 1 aromatic rings. The smallest absolute Gasteiger partial charge is 0.115 e. The van der Waals surface area contributed by atoms with Crippen LogP contribution in [0, 0.1) is 23.2 Å². The molecule has 3 aliphatic rings. The number of aromatic hydroxyl groups is 1. The van der Waals surface area contributed by atoms with E-state index in [-0.39, 0.29) is 5.41 Å². The van der Waals surface area contributed by atoms with Crippen molar-refractivity contribution in [1.29, 1.82) is 0 Å². The van der Waals surface area contributed by atoms with Gasteiger partial charge in [0, 0.05) is 0 Å². The molecule has 2 heteroatoms. The summed E-state index contributed by atoms with van der Waals surface area (Å²) in [5, 5.41) is 21.2. The molecule has 2 nitrogen and oxygen atoms in total. The minimum atomic E-state index is -0.488. The molecule has 126 valence electrons. The summed E-state index contributed by atoms with van der Waals surface area (Å²) in [5.74, 6) is 2.72. The first-order valence-electron chi connectivity index (χ1n) is 9.41. The highest BCUT2D eigenvalue weighted by Gasteiger charge is 2.62. The Morgan fingerprint density at radius 1 is 1.13 bits per heavy atom. The number of aryl methyl sites for hydroxylation is 1. The molecule has 0 spiro atoms. The lowest BCUT2D eigenvalue weighted by atomic mass is 9.52. The van der Waals surface area contributed by atoms with Gasteiger partial charge in [0.25, 0.3) is 0 Å². The third-order valence-corrected chi connectivity index (χ3v) is 7.88. The van der Waals surface area contributed by atoms with Gasteiger partial charge in [-0.3, -0.25) is 0 Å². The van der Waals surface area contributed by atoms with Gasteiger partial charge in [-0.25, -0.2) is 0 Å². The first kappa shape index (κ1) is 15.5. The quantitative estimate of drug-likeness (QED) is 0.793. The molecule has 0 bridgehead atoms. The molecule has 4 rings (SSSR count). The number of hydrogen-bond acceptors (Lipinski definition) is 2. The second-order valence-corrected chi connectivity index (χ2v) is 8.87. The van der Waals surface area contributed by atoms with Crippen LogP contribution >= 0.6 is 0 Å². The van der Waals surface area contributed by atoms with Gasteiger partial charge in [-0.2, -0.15) is 0 Å². The lowest BCUT2D eigenvalue weighted by molar-refractivity contribution is -0.129. The van der Waals surface area contributed by atoms with Crippen molar-refractivity contribution in [2.75, 3.05) is 0 Å². The monoisotopic (exact) mass is 314 g/mol. The first-order chi connectivity index (χ1) is 10.9. The summed E-state index contributed by atoms with van der Waals surface area (Å²) in [5.41, 5.74) is 2.42. The van der Waals surface area contributed by atoms with Gasteiger partial charge in [0.1, 0.15) is 5.75 Å². The minimum absolute atomic E-state index is 0.0801. The van der Waals surface area contributed by atoms with Crippen molar-refractivity contribution < 1.29 is 10.2 Å². The fraction of sp³-hybridized carbons (Fsp3) is 0.714. The summed E-state index contributed by atoms with van der Waals surface area (Å²) in [7, 11) is 0. The van der Waals surface area contributed by atoms with Crippen molar-refractivity contribution in [3.63, 3.8) is 0 Å². The second kappa shape index (κ2) is 4.99. The van der Waals surface area contributed by atoms with Gasteiger partial charge >= 0.3 is 0 Å². The largest absolute Gasteiger partial charge is 0.508 e. The summed E-state index contributed by atoms with van der Waals surface area (Å²) in [4.78, 5) is 0. The number of rotatable bonds is 1. The number of benzene rings is 1. The molecule has 0 amide bonds. The van der Waals surface area contributed by atoms with Crippen LogP contribution < -0.4 is 0 Å². The summed E-state index contributed by atoms with van der Waals surface area (Å²) in [6.07, 6.45) is 6.77. The van der Waals surface area contributed by atoms with Crippen LogP contribution in [-0.2, 0) is 6.42 Å². The van der Waals surface area contributed by atoms with E-state index < -0.39 is 5.60 Å². The zero-order valence-electron chi connectivity index (χ0n) is 14.7. The number of phenols is 1. The van der Waals surface area contributed by atoms with Crippen LogP contribution in [-0.4, -0.2) is 15.8 Å². The lowest BCUT2D eigenvalue weighted by Gasteiger charge is -2.54. The molecule has 23 heavy (non-hydrogen) atoms. The van der Waals surface area contributed by atoms with Crippen LogP contribution in [0.25, 0.3) is 0 Å². The Kier molecular flexibility index (Phi) is 3.36. The first-order valence-corrected chi connectivity index (χ1v) is 9.41. The van der Waals surface area contributed by atoms with Crippen molar-refractivity contribution in [2.45, 2.75) is 70.8 Å². The third kappa shape index (κ3) is 1.97. The average Bonchev–Trinajstić information content (AvgIpc) is 2.80. The van der Waals surface area contributed by atoms with Crippen molar-refractivity contribution in [3.05, 3.63) is 29.3 Å². The van der Waals surface area contributed by atoms with Gasteiger partial charge in [-0.05, 0) is 90.9 Å². The van der Waals surface area contributed by atoms with E-state index in [0.717, 1.165) is 19.3 Å². The van der Waals surface area contributed by atoms with Gasteiger partial charge < -0.3 is 10.2 Å². The molecule has 5 atom stereocenters. The van der Waals surface area contributed by atoms with Crippen molar-refractivity contribution >= 4 is 0 Å². The zero-order chi connectivity index (χ0) is 16.4. The molecule has 2 saturated carbocycles. The van der Waals surface area contributed by atoms with E-state index >= 15 is 0 Å². The van der Waals surface area contributed by atoms with E-state index in [0.29, 0.717) is 29.4 Å². The van der Waals surface area contributed by atoms with E-state index in [9.17, 15) is 10.2 Å². The molecule has 3 aliphatic carbocycles. The van der Waals surface area contributed by atoms with Crippen molar-refractivity contribution in [3.8, 4) is 5.75 Å². The fourth-order valence-electron chi connectivity index (χ4n) is 6.57. The van der Waals surface area contributed by atoms with Gasteiger partial charge in [0.15, 0.2) is 0 Å². The van der Waals surface area contributed by atoms with Crippen molar-refractivity contribution in [1.82, 2.24) is 0 Å². The summed E-state index contributed by atoms with van der Waals surface area (Å²) in [6.45, 7) is 6.75. The van der Waals surface area contributed by atoms with E-state index in [1.54, 1.807) is 0 Å². The topological polar surface area (TPSA) is 40.5 Å². The maximum absolute atomic E-state index is 11.4. The van der Waals surface area contributed by atoms with E-state index in [4.69, 9.17) is 0 Å². The Balaban J connectivity index is 1.70. The number of phenolic OH excluding ortho intramolecular Hbond substituents is 1. The fourth-order valence-corrected chi connectivity index (χ4v) is 6.57. The number of fused-ring (bicyclic) bond motifs is 5. The van der Waals surface area contributed by atoms with Gasteiger partial charge in [0.05, 0.1) is 5.60 Å². The predicted octanol–water partition coefficient (Wildman–Crippen LogP) is 4.64. The van der Waals surface area contributed by atoms with E-state index in [2.05, 4.69) is 26.8 Å². The van der Waals surface area contributed by atoms with E-state index in [1.807, 2.05) is 12.1 Å². The highest BCUT2D eigenvalue weighted by molar-refractivity contribution is 5.40. The number of hydrogen-bond donors (Lipinski definition) is 2. The van der Waals surface area contributed by atoms with Crippen LogP contribution in [0.2, 0.25) is 0 Å². The molecule has 2 N–H and O–H groups in total. The molecule has 2 fully saturated rings. The highest BCUT2D eigenvalue weighted by Crippen LogP contribution is 2.65. The minimum Gasteiger partial charge on any atom is -0.508 e. The maximum Gasteiger partial charge on any atom is 0.115 e. The summed E-state index contributed by atoms with van der Waals surface area (Å²) < 4.78 is 0. The van der Waals surface area contributed by atoms with Crippen LogP contribution in [0.1, 0.15) is 69.9 Å². The summed E-state index contributed by atoms with van der Waals surface area (Å²) >= 11 is 0. The second-order valence-electron chi connectivity index (χ2n) is 8.87. The average molecular weight is 314 g/mol. The standard InChI is InChI=1S/C21H30O2/c1-13(2)21(23)11-9-19-18-6-4-14-12-15(22)5-7-16(14)17(18)8-10-20(19,21)3/h5,7,12-13,17-19,22-23H,4,6,8-11H2,1-3H3. The van der Waals surface area contributed by atoms with Crippen LogP contribution in [0.15, 0.2) is 18.2 Å². The van der Waals surface area contributed by atoms with E-state index in [1.165, 1.54) is 30.4 Å². The van der Waals surface area contributed by atoms with Gasteiger partial charge in [-0.1, -0.05) is 26.8 Å². The van der Waals surface area contributed by atoms with Gasteiger partial charge in [-0.15, -0.1) is 0 Å². The Morgan fingerprint density at radius 2 is 1.91 bits per heavy atom. The zero-order valence-corrected chi connectivity index (χ0v) is 14.7. The Hall–Kier alpha value is -1.02. The molecule has 0 heterocycles. The molecule has 1 aromatic carbocycles. The van der Waals surface area contributed by atoms with Gasteiger partial charge in [0.2, 0.25) is 0 Å². The molecule has 0 saturated heterocycles. The molecule has 0 radical (unpaired) electrons. The predicted molar refractivity (Wildman–Crippen MR) is 92.5 cm³/mol. The Bertz CT molecular complexity index is 622. The SMILES string of the molecule is CC(C)C1(O)CCC2C3CCc4cc(O)ccc4C3CCC21C. The molecule has 5 unspecified atom stereocenters. The number of aliphatic hydroxyl groups is 1.